The normalized spacial score (nSPS) is 11.9. The highest BCUT2D eigenvalue weighted by atomic mass is 35.5. The van der Waals surface area contributed by atoms with Crippen molar-refractivity contribution in [1.29, 1.82) is 0 Å². The molecule has 0 spiro atoms. The monoisotopic (exact) mass is 301 g/mol. The van der Waals surface area contributed by atoms with Gasteiger partial charge in [0.15, 0.2) is 0 Å². The van der Waals surface area contributed by atoms with Gasteiger partial charge in [-0.3, -0.25) is 0 Å². The molecular formula is C20H12ClN. The minimum absolute atomic E-state index is 0.770. The summed E-state index contributed by atoms with van der Waals surface area (Å²) in [6.45, 7) is 0. The molecule has 5 aromatic rings. The van der Waals surface area contributed by atoms with E-state index >= 15 is 0 Å². The minimum Gasteiger partial charge on any atom is -0.354 e. The molecule has 0 bridgehead atoms. The average molecular weight is 302 g/mol. The third kappa shape index (κ3) is 1.54. The summed E-state index contributed by atoms with van der Waals surface area (Å²) < 4.78 is 0. The Balaban J connectivity index is 2.11. The molecule has 1 N–H and O–H groups in total. The smallest absolute Gasteiger partial charge is 0.0550 e. The second kappa shape index (κ2) is 4.25. The number of hydrogen-bond donors (Lipinski definition) is 1. The zero-order valence-electron chi connectivity index (χ0n) is 11.7. The molecule has 22 heavy (non-hydrogen) atoms. The molecule has 4 aromatic carbocycles. The number of rotatable bonds is 0. The van der Waals surface area contributed by atoms with Crippen molar-refractivity contribution in [3.63, 3.8) is 0 Å². The van der Waals surface area contributed by atoms with Crippen LogP contribution in [-0.4, -0.2) is 4.98 Å². The Morgan fingerprint density at radius 3 is 2.45 bits per heavy atom. The summed E-state index contributed by atoms with van der Waals surface area (Å²) in [6.07, 6.45) is 0. The first-order valence-corrected chi connectivity index (χ1v) is 7.70. The largest absolute Gasteiger partial charge is 0.354 e. The maximum Gasteiger partial charge on any atom is 0.0550 e. The van der Waals surface area contributed by atoms with Crippen molar-refractivity contribution in [3.05, 3.63) is 71.8 Å². The Labute approximate surface area is 132 Å². The van der Waals surface area contributed by atoms with E-state index in [2.05, 4.69) is 59.6 Å². The van der Waals surface area contributed by atoms with Crippen molar-refractivity contribution in [2.75, 3.05) is 0 Å². The lowest BCUT2D eigenvalue weighted by Gasteiger charge is -2.05. The Bertz CT molecular complexity index is 1180. The molecule has 1 nitrogen and oxygen atoms in total. The molecule has 1 aromatic heterocycles. The number of halogens is 1. The first-order valence-electron chi connectivity index (χ1n) is 7.33. The van der Waals surface area contributed by atoms with Crippen molar-refractivity contribution in [1.82, 2.24) is 4.98 Å². The van der Waals surface area contributed by atoms with Crippen molar-refractivity contribution in [2.45, 2.75) is 0 Å². The lowest BCUT2D eigenvalue weighted by Crippen LogP contribution is -1.79. The zero-order chi connectivity index (χ0) is 14.7. The standard InChI is InChI=1S/C20H12ClN/c21-14-8-10-18-17(11-14)16-9-7-13-6-5-12-3-1-2-4-15(12)19(13)20(16)22-18/h1-11,22H. The molecule has 0 fully saturated rings. The van der Waals surface area contributed by atoms with E-state index in [-0.39, 0.29) is 0 Å². The van der Waals surface area contributed by atoms with Crippen LogP contribution in [0.4, 0.5) is 0 Å². The predicted molar refractivity (Wildman–Crippen MR) is 95.8 cm³/mol. The van der Waals surface area contributed by atoms with Gasteiger partial charge in [0.25, 0.3) is 0 Å². The van der Waals surface area contributed by atoms with Crippen LogP contribution in [0.5, 0.6) is 0 Å². The molecule has 0 saturated carbocycles. The van der Waals surface area contributed by atoms with Gasteiger partial charge < -0.3 is 4.98 Å². The van der Waals surface area contributed by atoms with Gasteiger partial charge in [-0.2, -0.15) is 0 Å². The van der Waals surface area contributed by atoms with Crippen molar-refractivity contribution in [3.8, 4) is 0 Å². The molecule has 0 aliphatic carbocycles. The van der Waals surface area contributed by atoms with Gasteiger partial charge in [-0.15, -0.1) is 0 Å². The van der Waals surface area contributed by atoms with Gasteiger partial charge in [0.05, 0.1) is 5.52 Å². The topological polar surface area (TPSA) is 15.8 Å². The number of aromatic nitrogens is 1. The van der Waals surface area contributed by atoms with Crippen molar-refractivity contribution in [2.24, 2.45) is 0 Å². The number of benzene rings is 4. The first kappa shape index (κ1) is 12.1. The molecule has 0 aliphatic heterocycles. The summed E-state index contributed by atoms with van der Waals surface area (Å²) in [5.74, 6) is 0. The van der Waals surface area contributed by atoms with Gasteiger partial charge in [-0.05, 0) is 34.4 Å². The number of H-pyrrole nitrogens is 1. The van der Waals surface area contributed by atoms with E-state index in [4.69, 9.17) is 11.6 Å². The van der Waals surface area contributed by atoms with Crippen LogP contribution < -0.4 is 0 Å². The summed E-state index contributed by atoms with van der Waals surface area (Å²) >= 11 is 6.18. The Morgan fingerprint density at radius 1 is 0.682 bits per heavy atom. The number of nitrogens with one attached hydrogen (secondary N) is 1. The zero-order valence-corrected chi connectivity index (χ0v) is 12.5. The molecule has 0 unspecified atom stereocenters. The summed E-state index contributed by atoms with van der Waals surface area (Å²) in [5.41, 5.74) is 2.31. The quantitative estimate of drug-likeness (QED) is 0.324. The molecule has 0 atom stereocenters. The average Bonchev–Trinajstić information content (AvgIpc) is 2.92. The maximum absolute atomic E-state index is 6.18. The number of aromatic amines is 1. The van der Waals surface area contributed by atoms with Gasteiger partial charge in [-0.1, -0.05) is 60.1 Å². The molecule has 2 heteroatoms. The first-order chi connectivity index (χ1) is 10.8. The summed E-state index contributed by atoms with van der Waals surface area (Å²) in [5, 5.41) is 8.25. The molecule has 104 valence electrons. The van der Waals surface area contributed by atoms with Crippen molar-refractivity contribution < 1.29 is 0 Å². The van der Waals surface area contributed by atoms with Crippen molar-refractivity contribution >= 4 is 55.0 Å². The van der Waals surface area contributed by atoms with Gasteiger partial charge in [0.1, 0.15) is 0 Å². The lowest BCUT2D eigenvalue weighted by atomic mass is 9.99. The van der Waals surface area contributed by atoms with E-state index < -0.39 is 0 Å². The van der Waals surface area contributed by atoms with Gasteiger partial charge in [-0.25, -0.2) is 0 Å². The van der Waals surface area contributed by atoms with Crippen LogP contribution >= 0.6 is 11.6 Å². The van der Waals surface area contributed by atoms with Crippen LogP contribution in [0.1, 0.15) is 0 Å². The van der Waals surface area contributed by atoms with Crippen LogP contribution in [0.3, 0.4) is 0 Å². The van der Waals surface area contributed by atoms with Crippen LogP contribution in [0.2, 0.25) is 5.02 Å². The third-order valence-corrected chi connectivity index (χ3v) is 4.68. The van der Waals surface area contributed by atoms with E-state index in [0.29, 0.717) is 0 Å². The fraction of sp³-hybridized carbons (Fsp3) is 0. The van der Waals surface area contributed by atoms with E-state index in [0.717, 1.165) is 10.5 Å². The fourth-order valence-corrected chi connectivity index (χ4v) is 3.61. The van der Waals surface area contributed by atoms with E-state index in [1.807, 2.05) is 12.1 Å². The van der Waals surface area contributed by atoms with Crippen LogP contribution in [0.25, 0.3) is 43.4 Å². The summed E-state index contributed by atoms with van der Waals surface area (Å²) in [6, 6.07) is 23.3. The molecule has 0 amide bonds. The van der Waals surface area contributed by atoms with E-state index in [1.165, 1.54) is 37.8 Å². The fourth-order valence-electron chi connectivity index (χ4n) is 3.43. The molecule has 0 aliphatic rings. The highest BCUT2D eigenvalue weighted by Crippen LogP contribution is 2.35. The minimum atomic E-state index is 0.770. The molecule has 0 saturated heterocycles. The van der Waals surface area contributed by atoms with Crippen LogP contribution in [0, 0.1) is 0 Å². The van der Waals surface area contributed by atoms with Gasteiger partial charge in [0, 0.05) is 26.7 Å². The van der Waals surface area contributed by atoms with Gasteiger partial charge in [0.2, 0.25) is 0 Å². The highest BCUT2D eigenvalue weighted by Gasteiger charge is 2.10. The molecule has 0 radical (unpaired) electrons. The Hall–Kier alpha value is -2.51. The third-order valence-electron chi connectivity index (χ3n) is 4.44. The van der Waals surface area contributed by atoms with Crippen LogP contribution in [-0.2, 0) is 0 Å². The van der Waals surface area contributed by atoms with Crippen LogP contribution in [0.15, 0.2) is 66.7 Å². The molecule has 1 heterocycles. The van der Waals surface area contributed by atoms with E-state index in [1.54, 1.807) is 0 Å². The number of hydrogen-bond acceptors (Lipinski definition) is 0. The SMILES string of the molecule is Clc1ccc2[nH]c3c(ccc4ccc5ccccc5c43)c2c1. The molecular weight excluding hydrogens is 290 g/mol. The predicted octanol–water partition coefficient (Wildman–Crippen LogP) is 6.28. The Kier molecular flexibility index (Phi) is 2.33. The Morgan fingerprint density at radius 2 is 1.50 bits per heavy atom. The molecule has 5 rings (SSSR count). The number of fused-ring (bicyclic) bond motifs is 7. The second-order valence-corrected chi connectivity index (χ2v) is 6.12. The lowest BCUT2D eigenvalue weighted by molar-refractivity contribution is 1.57. The summed E-state index contributed by atoms with van der Waals surface area (Å²) in [4.78, 5) is 3.58. The highest BCUT2D eigenvalue weighted by molar-refractivity contribution is 6.32. The summed E-state index contributed by atoms with van der Waals surface area (Å²) in [7, 11) is 0. The maximum atomic E-state index is 6.18. The van der Waals surface area contributed by atoms with Gasteiger partial charge >= 0.3 is 0 Å². The van der Waals surface area contributed by atoms with E-state index in [9.17, 15) is 0 Å². The second-order valence-electron chi connectivity index (χ2n) is 5.69.